The van der Waals surface area contributed by atoms with Gasteiger partial charge in [0, 0.05) is 17.4 Å². The van der Waals surface area contributed by atoms with Crippen LogP contribution in [0.2, 0.25) is 0 Å². The number of hydrogen-bond acceptors (Lipinski definition) is 6. The lowest BCUT2D eigenvalue weighted by molar-refractivity contribution is -0.117. The van der Waals surface area contributed by atoms with Gasteiger partial charge in [0.2, 0.25) is 5.91 Å². The molecule has 1 amide bonds. The Balaban J connectivity index is 1.38. The quantitative estimate of drug-likeness (QED) is 0.616. The van der Waals surface area contributed by atoms with E-state index in [4.69, 9.17) is 9.68 Å². The van der Waals surface area contributed by atoms with Gasteiger partial charge in [-0.3, -0.25) is 9.69 Å². The van der Waals surface area contributed by atoms with E-state index < -0.39 is 0 Å². The SMILES string of the molecule is N#CCSc1ccccc1NC(=O)CN1CCCC(c2nc3ccccc3o2)C1. The number of rotatable bonds is 6. The molecule has 7 heteroatoms. The summed E-state index contributed by atoms with van der Waals surface area (Å²) in [6.07, 6.45) is 2.02. The summed E-state index contributed by atoms with van der Waals surface area (Å²) in [5.41, 5.74) is 2.44. The van der Waals surface area contributed by atoms with Crippen LogP contribution in [-0.4, -0.2) is 41.2 Å². The molecule has 1 unspecified atom stereocenters. The Morgan fingerprint density at radius 2 is 2.10 bits per heavy atom. The van der Waals surface area contributed by atoms with Crippen LogP contribution in [0.25, 0.3) is 11.1 Å². The molecule has 1 aliphatic heterocycles. The molecule has 29 heavy (non-hydrogen) atoms. The number of aromatic nitrogens is 1. The molecule has 0 saturated carbocycles. The first kappa shape index (κ1) is 19.5. The standard InChI is InChI=1S/C22H22N4O2S/c23-11-13-29-20-10-4-2-8-18(20)24-21(27)15-26-12-5-6-16(14-26)22-25-17-7-1-3-9-19(17)28-22/h1-4,7-10,16H,5-6,12-15H2,(H,24,27). The summed E-state index contributed by atoms with van der Waals surface area (Å²) in [6, 6.07) is 17.5. The molecule has 0 aliphatic carbocycles. The number of piperidine rings is 1. The second kappa shape index (κ2) is 9.12. The number of thioether (sulfide) groups is 1. The number of likely N-dealkylation sites (tertiary alicyclic amines) is 1. The van der Waals surface area contributed by atoms with Gasteiger partial charge in [-0.05, 0) is 43.7 Å². The topological polar surface area (TPSA) is 82.2 Å². The molecule has 2 aromatic carbocycles. The van der Waals surface area contributed by atoms with Crippen LogP contribution in [0.4, 0.5) is 5.69 Å². The maximum Gasteiger partial charge on any atom is 0.238 e. The molecule has 6 nitrogen and oxygen atoms in total. The van der Waals surface area contributed by atoms with Crippen molar-refractivity contribution in [3.63, 3.8) is 0 Å². The summed E-state index contributed by atoms with van der Waals surface area (Å²) in [6.45, 7) is 1.97. The molecule has 0 radical (unpaired) electrons. The normalized spacial score (nSPS) is 17.1. The fourth-order valence-corrected chi connectivity index (χ4v) is 4.33. The Kier molecular flexibility index (Phi) is 6.13. The van der Waals surface area contributed by atoms with E-state index in [0.29, 0.717) is 12.3 Å². The third-order valence-corrected chi connectivity index (χ3v) is 5.93. The molecule has 1 aliphatic rings. The van der Waals surface area contributed by atoms with Gasteiger partial charge < -0.3 is 9.73 Å². The molecular formula is C22H22N4O2S. The van der Waals surface area contributed by atoms with Crippen molar-refractivity contribution < 1.29 is 9.21 Å². The maximum atomic E-state index is 12.6. The highest BCUT2D eigenvalue weighted by Gasteiger charge is 2.26. The fraction of sp³-hybridized carbons (Fsp3) is 0.318. The Labute approximate surface area is 173 Å². The van der Waals surface area contributed by atoms with Crippen molar-refractivity contribution in [3.05, 3.63) is 54.4 Å². The number of anilines is 1. The summed E-state index contributed by atoms with van der Waals surface area (Å²) in [4.78, 5) is 20.3. The largest absolute Gasteiger partial charge is 0.440 e. The first-order chi connectivity index (χ1) is 14.2. The van der Waals surface area contributed by atoms with Gasteiger partial charge in [-0.1, -0.05) is 24.3 Å². The molecule has 148 valence electrons. The molecule has 1 atom stereocenters. The maximum absolute atomic E-state index is 12.6. The van der Waals surface area contributed by atoms with Gasteiger partial charge in [0.05, 0.1) is 24.1 Å². The third kappa shape index (κ3) is 4.78. The van der Waals surface area contributed by atoms with Crippen molar-refractivity contribution in [2.45, 2.75) is 23.7 Å². The lowest BCUT2D eigenvalue weighted by Gasteiger charge is -2.30. The highest BCUT2D eigenvalue weighted by atomic mass is 32.2. The minimum absolute atomic E-state index is 0.0479. The summed E-state index contributed by atoms with van der Waals surface area (Å²) >= 11 is 1.42. The Hall–Kier alpha value is -2.82. The number of nitrogens with one attached hydrogen (secondary N) is 1. The molecular weight excluding hydrogens is 384 g/mol. The first-order valence-electron chi connectivity index (χ1n) is 9.69. The van der Waals surface area contributed by atoms with Gasteiger partial charge in [-0.25, -0.2) is 4.98 Å². The van der Waals surface area contributed by atoms with Crippen LogP contribution in [0.15, 0.2) is 57.8 Å². The highest BCUT2D eigenvalue weighted by molar-refractivity contribution is 7.99. The van der Waals surface area contributed by atoms with Gasteiger partial charge in [0.1, 0.15) is 5.52 Å². The average Bonchev–Trinajstić information content (AvgIpc) is 3.18. The first-order valence-corrected chi connectivity index (χ1v) is 10.7. The Morgan fingerprint density at radius 3 is 2.97 bits per heavy atom. The van der Waals surface area contributed by atoms with Crippen molar-refractivity contribution in [2.75, 3.05) is 30.7 Å². The number of para-hydroxylation sites is 3. The van der Waals surface area contributed by atoms with Crippen LogP contribution in [0.5, 0.6) is 0 Å². The molecule has 1 fully saturated rings. The third-order valence-electron chi connectivity index (χ3n) is 4.99. The molecule has 2 heterocycles. The van der Waals surface area contributed by atoms with Crippen molar-refractivity contribution >= 4 is 34.5 Å². The van der Waals surface area contributed by atoms with E-state index in [-0.39, 0.29) is 11.8 Å². The number of oxazole rings is 1. The lowest BCUT2D eigenvalue weighted by atomic mass is 9.98. The minimum Gasteiger partial charge on any atom is -0.440 e. The lowest BCUT2D eigenvalue weighted by Crippen LogP contribution is -2.39. The zero-order valence-corrected chi connectivity index (χ0v) is 16.8. The zero-order chi connectivity index (χ0) is 20.1. The zero-order valence-electron chi connectivity index (χ0n) is 16.0. The molecule has 0 bridgehead atoms. The van der Waals surface area contributed by atoms with Crippen molar-refractivity contribution in [1.82, 2.24) is 9.88 Å². The average molecular weight is 407 g/mol. The van der Waals surface area contributed by atoms with E-state index in [1.165, 1.54) is 11.8 Å². The van der Waals surface area contributed by atoms with E-state index in [0.717, 1.165) is 53.5 Å². The molecule has 0 spiro atoms. The van der Waals surface area contributed by atoms with Gasteiger partial charge in [-0.2, -0.15) is 5.26 Å². The smallest absolute Gasteiger partial charge is 0.238 e. The van der Waals surface area contributed by atoms with Gasteiger partial charge in [0.15, 0.2) is 11.5 Å². The second-order valence-corrected chi connectivity index (χ2v) is 8.10. The number of hydrogen-bond donors (Lipinski definition) is 1. The van der Waals surface area contributed by atoms with E-state index in [9.17, 15) is 4.79 Å². The number of fused-ring (bicyclic) bond motifs is 1. The van der Waals surface area contributed by atoms with Crippen molar-refractivity contribution in [2.24, 2.45) is 0 Å². The molecule has 1 aromatic heterocycles. The van der Waals surface area contributed by atoms with E-state index in [1.807, 2.05) is 48.5 Å². The molecule has 4 rings (SSSR count). The van der Waals surface area contributed by atoms with Crippen LogP contribution < -0.4 is 5.32 Å². The highest BCUT2D eigenvalue weighted by Crippen LogP contribution is 2.29. The van der Waals surface area contributed by atoms with Crippen LogP contribution in [0.1, 0.15) is 24.7 Å². The van der Waals surface area contributed by atoms with Crippen LogP contribution >= 0.6 is 11.8 Å². The number of nitrogens with zero attached hydrogens (tertiary/aromatic N) is 3. The second-order valence-electron chi connectivity index (χ2n) is 7.09. The molecule has 1 N–H and O–H groups in total. The van der Waals surface area contributed by atoms with E-state index >= 15 is 0 Å². The Bertz CT molecular complexity index is 1010. The van der Waals surface area contributed by atoms with Crippen molar-refractivity contribution in [3.8, 4) is 6.07 Å². The predicted octanol–water partition coefficient (Wildman–Crippen LogP) is 4.26. The number of amides is 1. The summed E-state index contributed by atoms with van der Waals surface area (Å²) in [5, 5.41) is 11.8. The van der Waals surface area contributed by atoms with E-state index in [1.54, 1.807) is 0 Å². The van der Waals surface area contributed by atoms with Crippen LogP contribution in [0.3, 0.4) is 0 Å². The van der Waals surface area contributed by atoms with E-state index in [2.05, 4.69) is 21.3 Å². The predicted molar refractivity (Wildman–Crippen MR) is 114 cm³/mol. The van der Waals surface area contributed by atoms with Crippen LogP contribution in [0, 0.1) is 11.3 Å². The van der Waals surface area contributed by atoms with Gasteiger partial charge in [-0.15, -0.1) is 11.8 Å². The van der Waals surface area contributed by atoms with Crippen LogP contribution in [-0.2, 0) is 4.79 Å². The van der Waals surface area contributed by atoms with Gasteiger partial charge >= 0.3 is 0 Å². The molecule has 3 aromatic rings. The number of benzene rings is 2. The fourth-order valence-electron chi connectivity index (χ4n) is 3.66. The van der Waals surface area contributed by atoms with Crippen molar-refractivity contribution in [1.29, 1.82) is 5.26 Å². The summed E-state index contributed by atoms with van der Waals surface area (Å²) in [7, 11) is 0. The van der Waals surface area contributed by atoms with Gasteiger partial charge in [0.25, 0.3) is 0 Å². The minimum atomic E-state index is -0.0479. The monoisotopic (exact) mass is 406 g/mol. The number of carbonyl (C=O) groups is 1. The summed E-state index contributed by atoms with van der Waals surface area (Å²) < 4.78 is 5.94. The number of carbonyl (C=O) groups excluding carboxylic acids is 1. The summed E-state index contributed by atoms with van der Waals surface area (Å²) in [5.74, 6) is 1.26. The molecule has 1 saturated heterocycles. The number of nitriles is 1. The Morgan fingerprint density at radius 1 is 1.28 bits per heavy atom.